The van der Waals surface area contributed by atoms with Gasteiger partial charge in [-0.2, -0.15) is 0 Å². The van der Waals surface area contributed by atoms with Gasteiger partial charge >= 0.3 is 0 Å². The zero-order valence-electron chi connectivity index (χ0n) is 6.03. The molecule has 3 heteroatoms. The Balaban J connectivity index is 3.25. The van der Waals surface area contributed by atoms with Crippen LogP contribution in [0.4, 0.5) is 8.78 Å². The van der Waals surface area contributed by atoms with E-state index in [0.29, 0.717) is 5.56 Å². The molecule has 0 spiro atoms. The van der Waals surface area contributed by atoms with Gasteiger partial charge in [0.25, 0.3) is 0 Å². The van der Waals surface area contributed by atoms with Gasteiger partial charge in [-0.05, 0) is 24.6 Å². The molecule has 0 amide bonds. The third kappa shape index (κ3) is 1.48. The van der Waals surface area contributed by atoms with E-state index in [1.807, 2.05) is 0 Å². The zero-order valence-corrected chi connectivity index (χ0v) is 6.03. The summed E-state index contributed by atoms with van der Waals surface area (Å²) in [6.07, 6.45) is 0. The van der Waals surface area contributed by atoms with Crippen LogP contribution in [-0.4, -0.2) is 7.11 Å². The first-order chi connectivity index (χ1) is 5.15. The fourth-order valence-electron chi connectivity index (χ4n) is 0.807. The van der Waals surface area contributed by atoms with E-state index in [1.54, 1.807) is 0 Å². The summed E-state index contributed by atoms with van der Waals surface area (Å²) >= 11 is 0. The molecular weight excluding hydrogens is 150 g/mol. The molecule has 0 fully saturated rings. The van der Waals surface area contributed by atoms with Crippen LogP contribution in [-0.2, 0) is 0 Å². The summed E-state index contributed by atoms with van der Waals surface area (Å²) in [6.45, 7) is 3.38. The van der Waals surface area contributed by atoms with Crippen LogP contribution in [0.2, 0.25) is 0 Å². The highest BCUT2D eigenvalue weighted by atomic mass is 19.1. The standard InChI is InChI=1S/C8H7F2O/c1-5-3-6(9)8(11-2)7(10)4-5/h3-4H,1H2,2H3. The molecule has 59 valence electrons. The molecule has 0 aliphatic rings. The van der Waals surface area contributed by atoms with E-state index in [9.17, 15) is 8.78 Å². The second kappa shape index (κ2) is 2.86. The minimum atomic E-state index is -0.725. The predicted octanol–water partition coefficient (Wildman–Crippen LogP) is 2.16. The number of ether oxygens (including phenoxy) is 1. The SMILES string of the molecule is [CH2]c1cc(F)c(OC)c(F)c1. The van der Waals surface area contributed by atoms with Crippen LogP contribution in [0.5, 0.6) is 5.75 Å². The lowest BCUT2D eigenvalue weighted by molar-refractivity contribution is 0.359. The van der Waals surface area contributed by atoms with Crippen molar-refractivity contribution >= 4 is 0 Å². The van der Waals surface area contributed by atoms with Gasteiger partial charge in [0.2, 0.25) is 0 Å². The van der Waals surface area contributed by atoms with Crippen molar-refractivity contribution in [1.29, 1.82) is 0 Å². The van der Waals surface area contributed by atoms with Crippen LogP contribution in [0.15, 0.2) is 12.1 Å². The van der Waals surface area contributed by atoms with Crippen molar-refractivity contribution in [3.63, 3.8) is 0 Å². The molecule has 0 saturated carbocycles. The van der Waals surface area contributed by atoms with E-state index in [4.69, 9.17) is 0 Å². The molecule has 0 N–H and O–H groups in total. The molecule has 0 aliphatic heterocycles. The van der Waals surface area contributed by atoms with E-state index in [-0.39, 0.29) is 5.75 Å². The summed E-state index contributed by atoms with van der Waals surface area (Å²) < 4.78 is 29.9. The molecule has 0 saturated heterocycles. The summed E-state index contributed by atoms with van der Waals surface area (Å²) in [5.41, 5.74) is 0.292. The van der Waals surface area contributed by atoms with Crippen LogP contribution < -0.4 is 4.74 Å². The minimum absolute atomic E-state index is 0.292. The Bertz CT molecular complexity index is 248. The van der Waals surface area contributed by atoms with Crippen molar-refractivity contribution in [2.24, 2.45) is 0 Å². The van der Waals surface area contributed by atoms with Gasteiger partial charge in [-0.3, -0.25) is 0 Å². The van der Waals surface area contributed by atoms with Crippen molar-refractivity contribution in [2.45, 2.75) is 0 Å². The fraction of sp³-hybridized carbons (Fsp3) is 0.125. The Morgan fingerprint density at radius 3 is 2.09 bits per heavy atom. The number of hydrogen-bond donors (Lipinski definition) is 0. The minimum Gasteiger partial charge on any atom is -0.491 e. The third-order valence-electron chi connectivity index (χ3n) is 1.26. The molecule has 0 bridgehead atoms. The lowest BCUT2D eigenvalue weighted by Crippen LogP contribution is -1.93. The molecular formula is C8H7F2O. The maximum Gasteiger partial charge on any atom is 0.190 e. The molecule has 0 atom stereocenters. The van der Waals surface area contributed by atoms with E-state index >= 15 is 0 Å². The highest BCUT2D eigenvalue weighted by Gasteiger charge is 2.08. The summed E-state index contributed by atoms with van der Waals surface area (Å²) in [5, 5.41) is 0. The molecule has 0 aromatic heterocycles. The molecule has 1 aromatic rings. The van der Waals surface area contributed by atoms with E-state index < -0.39 is 11.6 Å². The Hall–Kier alpha value is -1.12. The zero-order chi connectivity index (χ0) is 8.43. The van der Waals surface area contributed by atoms with Crippen LogP contribution in [0.3, 0.4) is 0 Å². The lowest BCUT2D eigenvalue weighted by atomic mass is 10.2. The van der Waals surface area contributed by atoms with Crippen LogP contribution in [0.25, 0.3) is 0 Å². The second-order valence-electron chi connectivity index (χ2n) is 2.09. The topological polar surface area (TPSA) is 9.23 Å². The normalized spacial score (nSPS) is 9.82. The summed E-state index contributed by atoms with van der Waals surface area (Å²) in [4.78, 5) is 0. The van der Waals surface area contributed by atoms with Gasteiger partial charge in [0.1, 0.15) is 0 Å². The largest absolute Gasteiger partial charge is 0.491 e. The van der Waals surface area contributed by atoms with E-state index in [2.05, 4.69) is 11.7 Å². The molecule has 0 heterocycles. The van der Waals surface area contributed by atoms with Crippen molar-refractivity contribution in [2.75, 3.05) is 7.11 Å². The van der Waals surface area contributed by atoms with Gasteiger partial charge in [0.15, 0.2) is 17.4 Å². The summed E-state index contributed by atoms with van der Waals surface area (Å²) in [6, 6.07) is 2.23. The van der Waals surface area contributed by atoms with Crippen LogP contribution in [0, 0.1) is 18.6 Å². The maximum atomic E-state index is 12.7. The van der Waals surface area contributed by atoms with Gasteiger partial charge in [-0.15, -0.1) is 0 Å². The van der Waals surface area contributed by atoms with Gasteiger partial charge in [-0.25, -0.2) is 8.78 Å². The van der Waals surface area contributed by atoms with Crippen molar-refractivity contribution in [3.05, 3.63) is 36.3 Å². The maximum absolute atomic E-state index is 12.7. The average molecular weight is 157 g/mol. The number of hydrogen-bond acceptors (Lipinski definition) is 1. The first kappa shape index (κ1) is 7.98. The molecule has 0 unspecified atom stereocenters. The van der Waals surface area contributed by atoms with Gasteiger partial charge < -0.3 is 4.74 Å². The highest BCUT2D eigenvalue weighted by Crippen LogP contribution is 2.21. The lowest BCUT2D eigenvalue weighted by Gasteiger charge is -2.03. The number of benzene rings is 1. The monoisotopic (exact) mass is 157 g/mol. The Labute approximate surface area is 63.6 Å². The van der Waals surface area contributed by atoms with Crippen molar-refractivity contribution in [3.8, 4) is 5.75 Å². The van der Waals surface area contributed by atoms with Gasteiger partial charge in [0.05, 0.1) is 7.11 Å². The number of rotatable bonds is 1. The fourth-order valence-corrected chi connectivity index (χ4v) is 0.807. The summed E-state index contributed by atoms with van der Waals surface area (Å²) in [5.74, 6) is -1.81. The quantitative estimate of drug-likeness (QED) is 0.607. The Morgan fingerprint density at radius 2 is 1.73 bits per heavy atom. The highest BCUT2D eigenvalue weighted by molar-refractivity contribution is 5.32. The van der Waals surface area contributed by atoms with E-state index in [1.165, 1.54) is 7.11 Å². The van der Waals surface area contributed by atoms with Crippen LogP contribution in [0.1, 0.15) is 5.56 Å². The molecule has 1 nitrogen and oxygen atoms in total. The first-order valence-corrected chi connectivity index (χ1v) is 3.00. The number of halogens is 2. The third-order valence-corrected chi connectivity index (χ3v) is 1.26. The predicted molar refractivity (Wildman–Crippen MR) is 37.4 cm³/mol. The molecule has 1 radical (unpaired) electrons. The molecule has 0 aliphatic carbocycles. The second-order valence-corrected chi connectivity index (χ2v) is 2.09. The van der Waals surface area contributed by atoms with Crippen LogP contribution >= 0.6 is 0 Å². The molecule has 1 rings (SSSR count). The molecule has 1 aromatic carbocycles. The molecule has 11 heavy (non-hydrogen) atoms. The van der Waals surface area contributed by atoms with Gasteiger partial charge in [-0.1, -0.05) is 0 Å². The van der Waals surface area contributed by atoms with E-state index in [0.717, 1.165) is 12.1 Å². The first-order valence-electron chi connectivity index (χ1n) is 3.00. The summed E-state index contributed by atoms with van der Waals surface area (Å²) in [7, 11) is 1.21. The van der Waals surface area contributed by atoms with Gasteiger partial charge in [0, 0.05) is 0 Å². The van der Waals surface area contributed by atoms with Crippen molar-refractivity contribution < 1.29 is 13.5 Å². The van der Waals surface area contributed by atoms with Crippen molar-refractivity contribution in [1.82, 2.24) is 0 Å². The average Bonchev–Trinajstić information content (AvgIpc) is 1.85. The smallest absolute Gasteiger partial charge is 0.190 e. The Morgan fingerprint density at radius 1 is 1.27 bits per heavy atom. The number of methoxy groups -OCH3 is 1. The Kier molecular flexibility index (Phi) is 2.08.